The lowest BCUT2D eigenvalue weighted by Crippen LogP contribution is -2.20. The standard InChI is InChI=1S/C19H23NO3S/c1-12-15(13-9-7-6-8-10-13)16(18(22)23-5)17(24-12)20-14(21)11-19(2,3)4/h6-10H,11H2,1-5H3,(H,20,21). The Bertz CT molecular complexity index is 742. The predicted octanol–water partition coefficient (Wildman–Crippen LogP) is 4.88. The predicted molar refractivity (Wildman–Crippen MR) is 98.5 cm³/mol. The van der Waals surface area contributed by atoms with Crippen LogP contribution in [0, 0.1) is 12.3 Å². The molecule has 0 saturated heterocycles. The molecule has 1 aromatic heterocycles. The molecule has 0 fully saturated rings. The van der Waals surface area contributed by atoms with Gasteiger partial charge in [0.15, 0.2) is 0 Å². The summed E-state index contributed by atoms with van der Waals surface area (Å²) in [6, 6.07) is 9.66. The Labute approximate surface area is 146 Å². The first-order valence-electron chi connectivity index (χ1n) is 7.80. The van der Waals surface area contributed by atoms with E-state index in [0.29, 0.717) is 17.0 Å². The van der Waals surface area contributed by atoms with Crippen LogP contribution in [-0.4, -0.2) is 19.0 Å². The fraction of sp³-hybridized carbons (Fsp3) is 0.368. The lowest BCUT2D eigenvalue weighted by atomic mass is 9.92. The second-order valence-corrected chi connectivity index (χ2v) is 8.11. The number of ether oxygens (including phenoxy) is 1. The van der Waals surface area contributed by atoms with E-state index in [1.165, 1.54) is 18.4 Å². The third-order valence-corrected chi connectivity index (χ3v) is 4.50. The first-order valence-corrected chi connectivity index (χ1v) is 8.61. The van der Waals surface area contributed by atoms with Crippen LogP contribution in [0.1, 0.15) is 42.4 Å². The van der Waals surface area contributed by atoms with E-state index in [1.54, 1.807) is 0 Å². The largest absolute Gasteiger partial charge is 0.465 e. The Morgan fingerprint density at radius 3 is 2.33 bits per heavy atom. The average molecular weight is 345 g/mol. The third kappa shape index (κ3) is 4.23. The number of hydrogen-bond acceptors (Lipinski definition) is 4. The SMILES string of the molecule is COC(=O)c1c(NC(=O)CC(C)(C)C)sc(C)c1-c1ccccc1. The summed E-state index contributed by atoms with van der Waals surface area (Å²) >= 11 is 1.40. The van der Waals surface area contributed by atoms with E-state index in [9.17, 15) is 9.59 Å². The second-order valence-electron chi connectivity index (χ2n) is 6.88. The number of carbonyl (C=O) groups is 2. The topological polar surface area (TPSA) is 55.4 Å². The summed E-state index contributed by atoms with van der Waals surface area (Å²) < 4.78 is 4.95. The van der Waals surface area contributed by atoms with Crippen LogP contribution in [0.2, 0.25) is 0 Å². The number of esters is 1. The zero-order valence-corrected chi connectivity index (χ0v) is 15.5. The number of nitrogens with one attached hydrogen (secondary N) is 1. The fourth-order valence-electron chi connectivity index (χ4n) is 2.53. The molecule has 0 aliphatic rings. The number of amides is 1. The van der Waals surface area contributed by atoms with Gasteiger partial charge in [0, 0.05) is 16.9 Å². The van der Waals surface area contributed by atoms with Gasteiger partial charge < -0.3 is 10.1 Å². The van der Waals surface area contributed by atoms with Crippen molar-refractivity contribution in [3.63, 3.8) is 0 Å². The van der Waals surface area contributed by atoms with E-state index in [1.807, 2.05) is 58.0 Å². The highest BCUT2D eigenvalue weighted by molar-refractivity contribution is 7.17. The summed E-state index contributed by atoms with van der Waals surface area (Å²) in [7, 11) is 1.35. The van der Waals surface area contributed by atoms with Gasteiger partial charge in [-0.3, -0.25) is 4.79 Å². The molecule has 5 heteroatoms. The summed E-state index contributed by atoms with van der Waals surface area (Å²) in [4.78, 5) is 25.6. The highest BCUT2D eigenvalue weighted by Gasteiger charge is 2.26. The van der Waals surface area contributed by atoms with Crippen LogP contribution < -0.4 is 5.32 Å². The van der Waals surface area contributed by atoms with Gasteiger partial charge in [0.2, 0.25) is 5.91 Å². The van der Waals surface area contributed by atoms with Gasteiger partial charge >= 0.3 is 5.97 Å². The molecule has 0 spiro atoms. The van der Waals surface area contributed by atoms with Crippen molar-refractivity contribution in [2.45, 2.75) is 34.1 Å². The number of methoxy groups -OCH3 is 1. The quantitative estimate of drug-likeness (QED) is 0.803. The highest BCUT2D eigenvalue weighted by atomic mass is 32.1. The molecular formula is C19H23NO3S. The molecule has 0 aliphatic heterocycles. The van der Waals surface area contributed by atoms with Gasteiger partial charge in [0.25, 0.3) is 0 Å². The molecule has 0 bridgehead atoms. The Kier molecular flexibility index (Phi) is 5.44. The van der Waals surface area contributed by atoms with Crippen molar-refractivity contribution in [1.82, 2.24) is 0 Å². The normalized spacial score (nSPS) is 11.2. The maximum absolute atomic E-state index is 12.3. The number of rotatable bonds is 4. The molecule has 0 unspecified atom stereocenters. The summed E-state index contributed by atoms with van der Waals surface area (Å²) in [6.07, 6.45) is 0.380. The zero-order chi connectivity index (χ0) is 17.9. The lowest BCUT2D eigenvalue weighted by Gasteiger charge is -2.17. The number of thiophene rings is 1. The molecule has 2 aromatic rings. The third-order valence-electron chi connectivity index (χ3n) is 3.48. The van der Waals surface area contributed by atoms with Gasteiger partial charge in [0.1, 0.15) is 10.6 Å². The van der Waals surface area contributed by atoms with Crippen LogP contribution in [-0.2, 0) is 9.53 Å². The van der Waals surface area contributed by atoms with Gasteiger partial charge in [-0.2, -0.15) is 0 Å². The molecule has 4 nitrogen and oxygen atoms in total. The maximum Gasteiger partial charge on any atom is 0.341 e. The molecule has 0 saturated carbocycles. The van der Waals surface area contributed by atoms with Gasteiger partial charge in [0.05, 0.1) is 7.11 Å². The van der Waals surface area contributed by atoms with Crippen molar-refractivity contribution in [1.29, 1.82) is 0 Å². The number of hydrogen-bond donors (Lipinski definition) is 1. The van der Waals surface area contributed by atoms with E-state index < -0.39 is 5.97 Å². The Balaban J connectivity index is 2.46. The van der Waals surface area contributed by atoms with E-state index in [2.05, 4.69) is 5.32 Å². The van der Waals surface area contributed by atoms with Crippen LogP contribution in [0.5, 0.6) is 0 Å². The Hall–Kier alpha value is -2.14. The van der Waals surface area contributed by atoms with Crippen molar-refractivity contribution in [2.24, 2.45) is 5.41 Å². The Morgan fingerprint density at radius 2 is 1.79 bits per heavy atom. The van der Waals surface area contributed by atoms with Crippen molar-refractivity contribution in [3.05, 3.63) is 40.8 Å². The summed E-state index contributed by atoms with van der Waals surface area (Å²) in [5.74, 6) is -0.544. The van der Waals surface area contributed by atoms with Gasteiger partial charge in [-0.05, 0) is 17.9 Å². The molecule has 24 heavy (non-hydrogen) atoms. The number of aryl methyl sites for hydroxylation is 1. The molecule has 1 amide bonds. The van der Waals surface area contributed by atoms with Crippen LogP contribution in [0.3, 0.4) is 0 Å². The number of carbonyl (C=O) groups excluding carboxylic acids is 2. The summed E-state index contributed by atoms with van der Waals surface area (Å²) in [6.45, 7) is 7.95. The molecular weight excluding hydrogens is 322 g/mol. The van der Waals surface area contributed by atoms with E-state index in [4.69, 9.17) is 4.74 Å². The minimum atomic E-state index is -0.440. The van der Waals surface area contributed by atoms with E-state index >= 15 is 0 Å². The van der Waals surface area contributed by atoms with Crippen LogP contribution in [0.25, 0.3) is 11.1 Å². The molecule has 1 heterocycles. The molecule has 0 radical (unpaired) electrons. The van der Waals surface area contributed by atoms with Crippen molar-refractivity contribution in [2.75, 3.05) is 12.4 Å². The number of benzene rings is 1. The number of anilines is 1. The van der Waals surface area contributed by atoms with Crippen LogP contribution >= 0.6 is 11.3 Å². The molecule has 1 aromatic carbocycles. The minimum absolute atomic E-state index is 0.103. The maximum atomic E-state index is 12.3. The second kappa shape index (κ2) is 7.18. The smallest absolute Gasteiger partial charge is 0.341 e. The fourth-order valence-corrected chi connectivity index (χ4v) is 3.61. The lowest BCUT2D eigenvalue weighted by molar-refractivity contribution is -0.117. The van der Waals surface area contributed by atoms with E-state index in [0.717, 1.165) is 16.0 Å². The van der Waals surface area contributed by atoms with Gasteiger partial charge in [-0.25, -0.2) is 4.79 Å². The molecule has 1 N–H and O–H groups in total. The summed E-state index contributed by atoms with van der Waals surface area (Å²) in [5.41, 5.74) is 2.05. The first-order chi connectivity index (χ1) is 11.2. The summed E-state index contributed by atoms with van der Waals surface area (Å²) in [5, 5.41) is 3.44. The molecule has 2 rings (SSSR count). The Morgan fingerprint density at radius 1 is 1.17 bits per heavy atom. The van der Waals surface area contributed by atoms with Crippen LogP contribution in [0.15, 0.2) is 30.3 Å². The molecule has 128 valence electrons. The minimum Gasteiger partial charge on any atom is -0.465 e. The zero-order valence-electron chi connectivity index (χ0n) is 14.7. The highest BCUT2D eigenvalue weighted by Crippen LogP contribution is 2.40. The van der Waals surface area contributed by atoms with Gasteiger partial charge in [-0.15, -0.1) is 11.3 Å². The molecule has 0 aliphatic carbocycles. The van der Waals surface area contributed by atoms with Crippen molar-refractivity contribution >= 4 is 28.2 Å². The average Bonchev–Trinajstić information content (AvgIpc) is 2.81. The van der Waals surface area contributed by atoms with Gasteiger partial charge in [-0.1, -0.05) is 51.1 Å². The monoisotopic (exact) mass is 345 g/mol. The van der Waals surface area contributed by atoms with Crippen LogP contribution in [0.4, 0.5) is 5.00 Å². The van der Waals surface area contributed by atoms with E-state index in [-0.39, 0.29) is 11.3 Å². The van der Waals surface area contributed by atoms with Crippen molar-refractivity contribution < 1.29 is 14.3 Å². The first kappa shape index (κ1) is 18.2. The van der Waals surface area contributed by atoms with Crippen molar-refractivity contribution in [3.8, 4) is 11.1 Å². The molecule has 0 atom stereocenters.